The molecule has 14 heteroatoms. The van der Waals surface area contributed by atoms with E-state index in [4.69, 9.17) is 18.9 Å². The predicted octanol–water partition coefficient (Wildman–Crippen LogP) is 3.98. The standard InChI is InChI=1S/C46H70O14/c1-11-23(3)38(55)59-35-36(60-39(56)24(4)12-2)46(22-48)26(19-41(35,5)6)25-13-14-28-42(7)17-16-30(57-40-33(52)31(50)32(51)34(58-40)37(53)54)43(8,21-47)27(42)15-18-44(28,9)45(25,10)20-29(46)49/h11-13,26-36,40,47-52H,14-22H2,1-10H3,(H,53,54)/b23-11+,24-12+/t26-,27+,28+,29-,30-,31-,32-,33+,34-,35-,36-,40+,42-,43-,44+,45+,46-/m0/s1. The molecule has 338 valence electrons. The number of hydrogen-bond acceptors (Lipinski definition) is 13. The molecular formula is C46H70O14. The van der Waals surface area contributed by atoms with Crippen LogP contribution >= 0.6 is 0 Å². The molecule has 0 aromatic carbocycles. The summed E-state index contributed by atoms with van der Waals surface area (Å²) in [6.07, 6.45) is -3.27. The number of carbonyl (C=O) groups excluding carboxylic acids is 2. The summed E-state index contributed by atoms with van der Waals surface area (Å²) < 4.78 is 24.4. The second kappa shape index (κ2) is 16.1. The molecule has 0 amide bonds. The van der Waals surface area contributed by atoms with Crippen LogP contribution in [0.1, 0.15) is 114 Å². The Labute approximate surface area is 354 Å². The van der Waals surface area contributed by atoms with E-state index in [-0.39, 0.29) is 35.7 Å². The average molecular weight is 847 g/mol. The second-order valence-corrected chi connectivity index (χ2v) is 20.7. The molecule has 0 aromatic heterocycles. The molecule has 0 aromatic rings. The normalized spacial score (nSPS) is 47.7. The Hall–Kier alpha value is -2.69. The summed E-state index contributed by atoms with van der Waals surface area (Å²) >= 11 is 0. The highest BCUT2D eigenvalue weighted by Gasteiger charge is 2.74. The fourth-order valence-electron chi connectivity index (χ4n) is 13.4. The molecule has 0 unspecified atom stereocenters. The maximum atomic E-state index is 13.7. The second-order valence-electron chi connectivity index (χ2n) is 20.7. The Bertz CT molecular complexity index is 1790. The number of fused-ring (bicyclic) bond motifs is 7. The Morgan fingerprint density at radius 2 is 1.40 bits per heavy atom. The third-order valence-electron chi connectivity index (χ3n) is 17.5. The lowest BCUT2D eigenvalue weighted by Gasteiger charge is -2.72. The molecule has 1 aliphatic heterocycles. The van der Waals surface area contributed by atoms with Crippen LogP contribution in [0.5, 0.6) is 0 Å². The zero-order chi connectivity index (χ0) is 44.7. The summed E-state index contributed by atoms with van der Waals surface area (Å²) in [5.41, 5.74) is -2.47. The van der Waals surface area contributed by atoms with Crippen LogP contribution in [0.3, 0.4) is 0 Å². The first-order valence-electron chi connectivity index (χ1n) is 21.8. The molecule has 0 radical (unpaired) electrons. The monoisotopic (exact) mass is 846 g/mol. The summed E-state index contributed by atoms with van der Waals surface area (Å²) in [6, 6.07) is 0. The Balaban J connectivity index is 1.38. The van der Waals surface area contributed by atoms with Gasteiger partial charge >= 0.3 is 17.9 Å². The van der Waals surface area contributed by atoms with Gasteiger partial charge in [-0.25, -0.2) is 14.4 Å². The minimum absolute atomic E-state index is 0.0723. The van der Waals surface area contributed by atoms with Crippen LogP contribution in [0.4, 0.5) is 0 Å². The molecule has 60 heavy (non-hydrogen) atoms. The third kappa shape index (κ3) is 6.76. The van der Waals surface area contributed by atoms with Crippen molar-refractivity contribution in [2.75, 3.05) is 13.2 Å². The quantitative estimate of drug-likeness (QED) is 0.0754. The summed E-state index contributed by atoms with van der Waals surface area (Å²) in [4.78, 5) is 38.9. The van der Waals surface area contributed by atoms with Crippen LogP contribution in [0, 0.1) is 50.2 Å². The fourth-order valence-corrected chi connectivity index (χ4v) is 13.4. The van der Waals surface area contributed by atoms with Gasteiger partial charge in [0.05, 0.1) is 30.8 Å². The van der Waals surface area contributed by atoms with E-state index in [0.717, 1.165) is 12.0 Å². The number of carboxylic acids is 1. The van der Waals surface area contributed by atoms with Crippen LogP contribution in [0.2, 0.25) is 0 Å². The number of aliphatic hydroxyl groups is 6. The van der Waals surface area contributed by atoms with Gasteiger partial charge < -0.3 is 54.7 Å². The molecule has 1 saturated heterocycles. The maximum absolute atomic E-state index is 13.7. The number of rotatable bonds is 9. The number of aliphatic hydroxyl groups excluding tert-OH is 6. The Morgan fingerprint density at radius 1 is 0.800 bits per heavy atom. The van der Waals surface area contributed by atoms with Crippen LogP contribution in [-0.2, 0) is 33.3 Å². The van der Waals surface area contributed by atoms with Crippen molar-refractivity contribution in [2.24, 2.45) is 50.2 Å². The molecule has 0 bridgehead atoms. The lowest BCUT2D eigenvalue weighted by Crippen LogP contribution is -2.72. The first-order chi connectivity index (χ1) is 27.9. The van der Waals surface area contributed by atoms with Crippen molar-refractivity contribution in [3.63, 3.8) is 0 Å². The molecular weight excluding hydrogens is 776 g/mol. The van der Waals surface area contributed by atoms with Crippen molar-refractivity contribution < 1.29 is 69.1 Å². The number of allylic oxidation sites excluding steroid dienone is 4. The van der Waals surface area contributed by atoms with E-state index >= 15 is 0 Å². The summed E-state index contributed by atoms with van der Waals surface area (Å²) in [6.45, 7) is 18.7. The van der Waals surface area contributed by atoms with Crippen molar-refractivity contribution in [3.8, 4) is 0 Å². The van der Waals surface area contributed by atoms with E-state index in [2.05, 4.69) is 26.8 Å². The van der Waals surface area contributed by atoms with Crippen molar-refractivity contribution in [1.29, 1.82) is 0 Å². The van der Waals surface area contributed by atoms with Gasteiger partial charge in [0.1, 0.15) is 24.4 Å². The van der Waals surface area contributed by atoms with E-state index in [1.807, 2.05) is 20.8 Å². The first-order valence-corrected chi connectivity index (χ1v) is 21.8. The van der Waals surface area contributed by atoms with Gasteiger partial charge in [-0.2, -0.15) is 0 Å². The van der Waals surface area contributed by atoms with E-state index in [9.17, 15) is 50.1 Å². The third-order valence-corrected chi connectivity index (χ3v) is 17.5. The number of hydrogen-bond donors (Lipinski definition) is 7. The van der Waals surface area contributed by atoms with Gasteiger partial charge in [0, 0.05) is 22.0 Å². The minimum Gasteiger partial charge on any atom is -0.479 e. The minimum atomic E-state index is -1.85. The van der Waals surface area contributed by atoms with Crippen molar-refractivity contribution in [2.45, 2.75) is 169 Å². The van der Waals surface area contributed by atoms with E-state index in [1.165, 1.54) is 0 Å². The number of ether oxygens (including phenoxy) is 4. The Kier molecular flexibility index (Phi) is 12.6. The number of carboxylic acid groups (broad SMARTS) is 1. The molecule has 1 heterocycles. The first kappa shape index (κ1) is 46.8. The maximum Gasteiger partial charge on any atom is 0.335 e. The zero-order valence-electron chi connectivity index (χ0n) is 37.0. The zero-order valence-corrected chi connectivity index (χ0v) is 37.0. The Morgan fingerprint density at radius 3 is 1.95 bits per heavy atom. The van der Waals surface area contributed by atoms with Gasteiger partial charge in [-0.1, -0.05) is 65.3 Å². The van der Waals surface area contributed by atoms with Gasteiger partial charge in [0.15, 0.2) is 18.5 Å². The number of esters is 2. The smallest absolute Gasteiger partial charge is 0.335 e. The van der Waals surface area contributed by atoms with Gasteiger partial charge in [-0.05, 0) is 107 Å². The molecule has 5 fully saturated rings. The number of aliphatic carboxylic acids is 1. The van der Waals surface area contributed by atoms with Gasteiger partial charge in [0.2, 0.25) is 0 Å². The molecule has 7 N–H and O–H groups in total. The molecule has 6 rings (SSSR count). The van der Waals surface area contributed by atoms with Crippen LogP contribution < -0.4 is 0 Å². The molecule has 5 aliphatic carbocycles. The van der Waals surface area contributed by atoms with Crippen LogP contribution in [0.25, 0.3) is 0 Å². The van der Waals surface area contributed by atoms with Gasteiger partial charge in [-0.15, -0.1) is 0 Å². The van der Waals surface area contributed by atoms with Gasteiger partial charge in [0.25, 0.3) is 0 Å². The largest absolute Gasteiger partial charge is 0.479 e. The highest BCUT2D eigenvalue weighted by atomic mass is 16.7. The van der Waals surface area contributed by atoms with E-state index < -0.39 is 107 Å². The summed E-state index contributed by atoms with van der Waals surface area (Å²) in [5.74, 6) is -3.13. The molecule has 14 nitrogen and oxygen atoms in total. The highest BCUT2D eigenvalue weighted by molar-refractivity contribution is 5.88. The molecule has 17 atom stereocenters. The van der Waals surface area contributed by atoms with Crippen molar-refractivity contribution in [1.82, 2.24) is 0 Å². The van der Waals surface area contributed by atoms with E-state index in [0.29, 0.717) is 43.3 Å². The van der Waals surface area contributed by atoms with Gasteiger partial charge in [-0.3, -0.25) is 0 Å². The SMILES string of the molecule is C/C=C(\C)C(=O)O[C@H]1[C@H](OC(=O)/C(C)=C/C)[C@]2(CO)[C@@H](O)C[C@]3(C)C(=CC[C@@H]4[C@@]5(C)CC[C@H](O[C@@H]6O[C@H](C(=O)O)[C@@H](O)[C@H](O)[C@H]6O)[C@@](C)(CO)[C@@H]5CC[C@]43C)[C@@H]2CC1(C)C. The van der Waals surface area contributed by atoms with Crippen LogP contribution in [-0.4, -0.2) is 122 Å². The van der Waals surface area contributed by atoms with Crippen molar-refractivity contribution >= 4 is 17.9 Å². The summed E-state index contributed by atoms with van der Waals surface area (Å²) in [7, 11) is 0. The highest BCUT2D eigenvalue weighted by Crippen LogP contribution is 2.76. The van der Waals surface area contributed by atoms with Crippen molar-refractivity contribution in [3.05, 3.63) is 34.9 Å². The van der Waals surface area contributed by atoms with E-state index in [1.54, 1.807) is 39.8 Å². The average Bonchev–Trinajstić information content (AvgIpc) is 3.19. The molecule has 6 aliphatic rings. The fraction of sp³-hybridized carbons (Fsp3) is 0.804. The number of carbonyl (C=O) groups is 3. The predicted molar refractivity (Wildman–Crippen MR) is 218 cm³/mol. The lowest BCUT2D eigenvalue weighted by atomic mass is 9.33. The molecule has 0 spiro atoms. The molecule has 4 saturated carbocycles. The lowest BCUT2D eigenvalue weighted by molar-refractivity contribution is -0.328. The summed E-state index contributed by atoms with van der Waals surface area (Å²) in [5, 5.41) is 76.8. The van der Waals surface area contributed by atoms with Crippen LogP contribution in [0.15, 0.2) is 34.9 Å². The topological polar surface area (TPSA) is 230 Å².